The molecule has 1 heterocycles. The Labute approximate surface area is 123 Å². The average Bonchev–Trinajstić information content (AvgIpc) is 2.41. The van der Waals surface area contributed by atoms with Crippen molar-refractivity contribution in [3.8, 4) is 0 Å². The van der Waals surface area contributed by atoms with Crippen LogP contribution in [0.25, 0.3) is 5.32 Å². The van der Waals surface area contributed by atoms with Gasteiger partial charge in [-0.05, 0) is 52.1 Å². The molecular weight excluding hydrogens is 267 g/mol. The van der Waals surface area contributed by atoms with Crippen LogP contribution in [0.4, 0.5) is 3.09 Å². The topological polar surface area (TPSA) is 50.2 Å². The van der Waals surface area contributed by atoms with Gasteiger partial charge in [-0.3, -0.25) is 0 Å². The van der Waals surface area contributed by atoms with Gasteiger partial charge >= 0.3 is 24.1 Å². The Morgan fingerprint density at radius 3 is 1.33 bits per heavy atom. The van der Waals surface area contributed by atoms with Crippen LogP contribution >= 0.6 is 0 Å². The van der Waals surface area contributed by atoms with Gasteiger partial charge in [-0.15, -0.1) is 13.1 Å². The number of hydrogen-bond acceptors (Lipinski definition) is 3. The summed E-state index contributed by atoms with van der Waals surface area (Å²) in [6.07, 6.45) is 4.82. The fourth-order valence-electron chi connectivity index (χ4n) is 1.80. The Bertz CT molecular complexity index is 88.0. The molecule has 1 aliphatic heterocycles. The van der Waals surface area contributed by atoms with Crippen LogP contribution in [0.1, 0.15) is 25.7 Å². The number of nitrogens with one attached hydrogen (secondary N) is 3. The number of nitrogens with zero attached hydrogens (tertiary/aromatic N) is 1. The molecule has 6 heteroatoms. The molecule has 0 spiro atoms. The molecule has 0 aliphatic carbocycles. The normalized spacial score (nSPS) is 21.6. The summed E-state index contributed by atoms with van der Waals surface area (Å²) in [7, 11) is 0. The van der Waals surface area contributed by atoms with Crippen LogP contribution in [0, 0.1) is 0 Å². The Morgan fingerprint density at radius 1 is 0.611 bits per heavy atom. The van der Waals surface area contributed by atoms with Gasteiger partial charge in [-0.2, -0.15) is 0 Å². The predicted octanol–water partition coefficient (Wildman–Crippen LogP) is 1.12. The van der Waals surface area contributed by atoms with Crippen molar-refractivity contribution in [1.82, 2.24) is 16.0 Å². The second-order valence-corrected chi connectivity index (χ2v) is 4.34. The van der Waals surface area contributed by atoms with Crippen LogP contribution in [-0.4, -0.2) is 52.4 Å². The molecule has 4 nitrogen and oxygen atoms in total. The van der Waals surface area contributed by atoms with E-state index < -0.39 is 0 Å². The second-order valence-electron chi connectivity index (χ2n) is 4.34. The molecule has 106 valence electrons. The Kier molecular flexibility index (Phi) is 18.0. The monoisotopic (exact) mass is 294 g/mol. The van der Waals surface area contributed by atoms with Crippen LogP contribution in [-0.2, 0) is 21.0 Å². The van der Waals surface area contributed by atoms with E-state index in [-0.39, 0.29) is 0 Å². The molecule has 0 atom stereocenters. The summed E-state index contributed by atoms with van der Waals surface area (Å²) < 4.78 is 9.50. The molecule has 1 fully saturated rings. The fourth-order valence-corrected chi connectivity index (χ4v) is 1.80. The van der Waals surface area contributed by atoms with E-state index in [2.05, 4.69) is 21.3 Å². The summed E-state index contributed by atoms with van der Waals surface area (Å²) in [5, 5.41) is 14.9. The van der Waals surface area contributed by atoms with Crippen molar-refractivity contribution in [2.24, 2.45) is 0 Å². The zero-order valence-electron chi connectivity index (χ0n) is 11.3. The van der Waals surface area contributed by atoms with Crippen molar-refractivity contribution in [2.75, 3.05) is 52.4 Å². The first-order valence-electron chi connectivity index (χ1n) is 6.94. The molecule has 1 saturated heterocycles. The summed E-state index contributed by atoms with van der Waals surface area (Å²) >= 11 is 0.500. The Morgan fingerprint density at radius 2 is 0.944 bits per heavy atom. The molecule has 0 amide bonds. The molecule has 0 aromatic heterocycles. The maximum atomic E-state index is 9.50. The standard InChI is InChI=1S/C12H27N4.FH.Ti/c1-5-13-7-2-9-15-11-4-12-16-10-3-8-14-6-1;;/h13-15H,1-12H2;1H;/q-1;;+2/p-1. The van der Waals surface area contributed by atoms with Crippen molar-refractivity contribution >= 4 is 0 Å². The minimum atomic E-state index is 0.500. The van der Waals surface area contributed by atoms with Gasteiger partial charge in [-0.25, -0.2) is 0 Å². The third-order valence-electron chi connectivity index (χ3n) is 2.75. The molecule has 0 saturated carbocycles. The van der Waals surface area contributed by atoms with Gasteiger partial charge in [0.1, 0.15) is 0 Å². The molecule has 0 aromatic carbocycles. The molecule has 3 N–H and O–H groups in total. The zero-order chi connectivity index (χ0) is 13.3. The summed E-state index contributed by atoms with van der Waals surface area (Å²) in [6, 6.07) is 0. The van der Waals surface area contributed by atoms with E-state index in [1.165, 1.54) is 25.7 Å². The third-order valence-corrected chi connectivity index (χ3v) is 2.75. The zero-order valence-corrected chi connectivity index (χ0v) is 12.9. The van der Waals surface area contributed by atoms with Crippen molar-refractivity contribution in [3.05, 3.63) is 5.32 Å². The molecule has 0 aromatic rings. The predicted molar refractivity (Wildman–Crippen MR) is 71.3 cm³/mol. The van der Waals surface area contributed by atoms with E-state index in [4.69, 9.17) is 0 Å². The van der Waals surface area contributed by atoms with E-state index >= 15 is 0 Å². The molecule has 0 unspecified atom stereocenters. The summed E-state index contributed by atoms with van der Waals surface area (Å²) in [5.41, 5.74) is 0. The Hall–Kier alpha value is 0.484. The van der Waals surface area contributed by atoms with Gasteiger partial charge in [0.15, 0.2) is 0 Å². The number of rotatable bonds is 0. The van der Waals surface area contributed by atoms with Crippen molar-refractivity contribution in [2.45, 2.75) is 25.7 Å². The van der Waals surface area contributed by atoms with Crippen molar-refractivity contribution in [1.29, 1.82) is 0 Å². The van der Waals surface area contributed by atoms with E-state index in [1.54, 1.807) is 0 Å². The van der Waals surface area contributed by atoms with E-state index in [1.807, 2.05) is 0 Å². The van der Waals surface area contributed by atoms with Crippen LogP contribution in [0.15, 0.2) is 0 Å². The summed E-state index contributed by atoms with van der Waals surface area (Å²) in [4.78, 5) is 0. The van der Waals surface area contributed by atoms with Gasteiger partial charge in [-0.1, -0.05) is 12.8 Å². The molecule has 18 heavy (non-hydrogen) atoms. The fraction of sp³-hybridized carbons (Fsp3) is 1.00. The van der Waals surface area contributed by atoms with Crippen LogP contribution < -0.4 is 16.0 Å². The Balaban J connectivity index is 0.00000137. The summed E-state index contributed by atoms with van der Waals surface area (Å²) in [6.45, 7) is 8.80. The SMILES string of the molecule is C1C[N-]CCCNCCCNCCCNC1.[F][Ti+]. The van der Waals surface area contributed by atoms with Crippen molar-refractivity contribution in [3.63, 3.8) is 0 Å². The number of halogens is 1. The van der Waals surface area contributed by atoms with E-state index in [0.29, 0.717) is 21.0 Å². The summed E-state index contributed by atoms with van der Waals surface area (Å²) in [5.74, 6) is 0. The first-order valence-corrected chi connectivity index (χ1v) is 7.53. The molecule has 0 radical (unpaired) electrons. The molecular formula is C12H27FN4Ti. The van der Waals surface area contributed by atoms with Crippen LogP contribution in [0.5, 0.6) is 0 Å². The van der Waals surface area contributed by atoms with Crippen LogP contribution in [0.2, 0.25) is 0 Å². The van der Waals surface area contributed by atoms with E-state index in [0.717, 1.165) is 52.4 Å². The third kappa shape index (κ3) is 14.5. The maximum absolute atomic E-state index is 9.50. The van der Waals surface area contributed by atoms with Gasteiger partial charge in [0.25, 0.3) is 0 Å². The van der Waals surface area contributed by atoms with Gasteiger partial charge in [0, 0.05) is 0 Å². The van der Waals surface area contributed by atoms with Crippen LogP contribution in [0.3, 0.4) is 0 Å². The number of hydrogen-bond donors (Lipinski definition) is 3. The van der Waals surface area contributed by atoms with Crippen molar-refractivity contribution < 1.29 is 24.1 Å². The first kappa shape index (κ1) is 18.5. The average molecular weight is 294 g/mol. The van der Waals surface area contributed by atoms with Gasteiger partial charge in [0.2, 0.25) is 0 Å². The second kappa shape index (κ2) is 17.5. The molecule has 1 aliphatic rings. The first-order chi connectivity index (χ1) is 9.00. The van der Waals surface area contributed by atoms with Gasteiger partial charge < -0.3 is 21.3 Å². The quantitative estimate of drug-likeness (QED) is 0.587. The molecule has 0 bridgehead atoms. The minimum absolute atomic E-state index is 0.500. The molecule has 1 rings (SSSR count). The van der Waals surface area contributed by atoms with Gasteiger partial charge in [0.05, 0.1) is 0 Å². The van der Waals surface area contributed by atoms with E-state index in [9.17, 15) is 3.09 Å².